The quantitative estimate of drug-likeness (QED) is 0.867. The van der Waals surface area contributed by atoms with E-state index in [0.29, 0.717) is 25.9 Å². The first kappa shape index (κ1) is 15.1. The van der Waals surface area contributed by atoms with Crippen molar-refractivity contribution < 1.29 is 9.18 Å². The molecular weight excluding hydrogens is 303 g/mol. The molecule has 3 heterocycles. The zero-order valence-electron chi connectivity index (χ0n) is 12.6. The minimum atomic E-state index is -0.429. The fourth-order valence-electron chi connectivity index (χ4n) is 2.78. The summed E-state index contributed by atoms with van der Waals surface area (Å²) in [7, 11) is 0. The van der Waals surface area contributed by atoms with E-state index in [9.17, 15) is 9.18 Å². The number of halogens is 1. The molecule has 0 radical (unpaired) electrons. The van der Waals surface area contributed by atoms with Gasteiger partial charge < -0.3 is 9.80 Å². The maximum atomic E-state index is 12.2. The molecule has 22 heavy (non-hydrogen) atoms. The topological polar surface area (TPSA) is 49.3 Å². The van der Waals surface area contributed by atoms with Crippen LogP contribution in [0.1, 0.15) is 18.4 Å². The first-order chi connectivity index (χ1) is 10.7. The van der Waals surface area contributed by atoms with Crippen molar-refractivity contribution in [3.63, 3.8) is 0 Å². The van der Waals surface area contributed by atoms with Crippen LogP contribution in [-0.4, -0.2) is 53.6 Å². The van der Waals surface area contributed by atoms with Crippen LogP contribution < -0.4 is 4.90 Å². The van der Waals surface area contributed by atoms with Crippen LogP contribution in [-0.2, 0) is 4.79 Å². The molecule has 0 unspecified atom stereocenters. The van der Waals surface area contributed by atoms with Gasteiger partial charge in [0, 0.05) is 32.6 Å². The third-order valence-electron chi connectivity index (χ3n) is 3.99. The van der Waals surface area contributed by atoms with Crippen molar-refractivity contribution in [1.29, 1.82) is 0 Å². The Morgan fingerprint density at radius 3 is 2.82 bits per heavy atom. The lowest BCUT2D eigenvalue weighted by Crippen LogP contribution is -2.49. The fraction of sp³-hybridized carbons (Fsp3) is 0.533. The van der Waals surface area contributed by atoms with E-state index >= 15 is 0 Å². The molecule has 3 rings (SSSR count). The van der Waals surface area contributed by atoms with Crippen molar-refractivity contribution in [1.82, 2.24) is 14.9 Å². The van der Waals surface area contributed by atoms with Crippen LogP contribution in [0.4, 0.5) is 10.2 Å². The number of nitrogens with zero attached hydrogens (tertiary/aromatic N) is 4. The lowest BCUT2D eigenvalue weighted by molar-refractivity contribution is -0.131. The van der Waals surface area contributed by atoms with Crippen LogP contribution >= 0.6 is 11.3 Å². The van der Waals surface area contributed by atoms with E-state index < -0.39 is 6.67 Å². The number of hydrogen-bond donors (Lipinski definition) is 0. The number of aryl methyl sites for hydroxylation is 1. The zero-order valence-corrected chi connectivity index (χ0v) is 13.4. The van der Waals surface area contributed by atoms with Gasteiger partial charge in [-0.3, -0.25) is 9.18 Å². The first-order valence-corrected chi connectivity index (χ1v) is 8.36. The summed E-state index contributed by atoms with van der Waals surface area (Å²) in [6.07, 6.45) is 2.23. The maximum Gasteiger partial charge on any atom is 0.222 e. The minimum Gasteiger partial charge on any atom is -0.352 e. The van der Waals surface area contributed by atoms with Gasteiger partial charge in [-0.2, -0.15) is 0 Å². The van der Waals surface area contributed by atoms with Crippen molar-refractivity contribution in [3.05, 3.63) is 17.3 Å². The van der Waals surface area contributed by atoms with Gasteiger partial charge in [-0.1, -0.05) is 0 Å². The van der Waals surface area contributed by atoms with E-state index in [0.717, 1.165) is 29.1 Å². The van der Waals surface area contributed by atoms with E-state index in [-0.39, 0.29) is 5.91 Å². The maximum absolute atomic E-state index is 12.2. The van der Waals surface area contributed by atoms with Crippen LogP contribution in [0.15, 0.2) is 11.7 Å². The summed E-state index contributed by atoms with van der Waals surface area (Å²) in [5, 5.41) is 3.21. The summed E-state index contributed by atoms with van der Waals surface area (Å²) >= 11 is 1.63. The highest BCUT2D eigenvalue weighted by Crippen LogP contribution is 2.31. The lowest BCUT2D eigenvalue weighted by Gasteiger charge is -2.35. The van der Waals surface area contributed by atoms with Gasteiger partial charge in [-0.05, 0) is 24.3 Å². The number of anilines is 1. The fourth-order valence-corrected chi connectivity index (χ4v) is 3.67. The van der Waals surface area contributed by atoms with Crippen LogP contribution in [0, 0.1) is 6.92 Å². The summed E-state index contributed by atoms with van der Waals surface area (Å²) in [5.41, 5.74) is 1.19. The second kappa shape index (κ2) is 6.56. The Kier molecular flexibility index (Phi) is 4.52. The van der Waals surface area contributed by atoms with Gasteiger partial charge in [0.25, 0.3) is 0 Å². The molecule has 0 saturated carbocycles. The van der Waals surface area contributed by atoms with E-state index in [1.54, 1.807) is 17.7 Å². The van der Waals surface area contributed by atoms with E-state index in [2.05, 4.69) is 27.2 Å². The molecule has 1 aliphatic heterocycles. The summed E-state index contributed by atoms with van der Waals surface area (Å²) in [4.78, 5) is 25.7. The Morgan fingerprint density at radius 2 is 2.09 bits per heavy atom. The molecule has 7 heteroatoms. The number of hydrogen-bond acceptors (Lipinski definition) is 5. The Bertz CT molecular complexity index is 667. The molecule has 1 amide bonds. The Hall–Kier alpha value is -1.76. The molecule has 2 aromatic heterocycles. The highest BCUT2D eigenvalue weighted by atomic mass is 32.1. The molecule has 1 saturated heterocycles. The van der Waals surface area contributed by atoms with Gasteiger partial charge in [0.05, 0.1) is 12.1 Å². The number of fused-ring (bicyclic) bond motifs is 1. The highest BCUT2D eigenvalue weighted by molar-refractivity contribution is 7.17. The van der Waals surface area contributed by atoms with Gasteiger partial charge in [0.1, 0.15) is 17.0 Å². The number of rotatable bonds is 4. The first-order valence-electron chi connectivity index (χ1n) is 7.48. The van der Waals surface area contributed by atoms with Crippen LogP contribution in [0.5, 0.6) is 0 Å². The van der Waals surface area contributed by atoms with Gasteiger partial charge in [0.15, 0.2) is 0 Å². The molecule has 2 aromatic rings. The van der Waals surface area contributed by atoms with Crippen molar-refractivity contribution in [2.45, 2.75) is 19.8 Å². The predicted molar refractivity (Wildman–Crippen MR) is 86.2 cm³/mol. The van der Waals surface area contributed by atoms with Crippen LogP contribution in [0.2, 0.25) is 0 Å². The van der Waals surface area contributed by atoms with Gasteiger partial charge in [-0.15, -0.1) is 11.3 Å². The average Bonchev–Trinajstić information content (AvgIpc) is 2.94. The van der Waals surface area contributed by atoms with E-state index in [1.165, 1.54) is 5.56 Å². The zero-order chi connectivity index (χ0) is 15.5. The number of carbonyl (C=O) groups is 1. The summed E-state index contributed by atoms with van der Waals surface area (Å²) in [6.45, 7) is 4.48. The van der Waals surface area contributed by atoms with Crippen molar-refractivity contribution in [3.8, 4) is 0 Å². The third kappa shape index (κ3) is 2.90. The molecule has 0 aromatic carbocycles. The Morgan fingerprint density at radius 1 is 1.32 bits per heavy atom. The van der Waals surface area contributed by atoms with Crippen molar-refractivity contribution >= 4 is 33.3 Å². The summed E-state index contributed by atoms with van der Waals surface area (Å²) in [6, 6.07) is 0. The number of aromatic nitrogens is 2. The minimum absolute atomic E-state index is 0.0526. The number of amides is 1. The predicted octanol–water partition coefficient (Wildman–Crippen LogP) is 2.40. The van der Waals surface area contributed by atoms with Gasteiger partial charge >= 0.3 is 0 Å². The highest BCUT2D eigenvalue weighted by Gasteiger charge is 2.23. The number of thiophene rings is 1. The molecule has 0 aliphatic carbocycles. The molecule has 0 spiro atoms. The van der Waals surface area contributed by atoms with Gasteiger partial charge in [0.2, 0.25) is 5.91 Å². The Balaban J connectivity index is 1.70. The number of piperazine rings is 1. The van der Waals surface area contributed by atoms with Crippen molar-refractivity contribution in [2.75, 3.05) is 37.8 Å². The second-order valence-electron chi connectivity index (χ2n) is 5.46. The molecule has 1 aliphatic rings. The average molecular weight is 322 g/mol. The molecule has 5 nitrogen and oxygen atoms in total. The number of alkyl halides is 1. The lowest BCUT2D eigenvalue weighted by atomic mass is 10.2. The SMILES string of the molecule is Cc1csc2ncnc(N3CCN(C(=O)CCCF)CC3)c12. The largest absolute Gasteiger partial charge is 0.352 e. The standard InChI is InChI=1S/C15H19FN4OS/c1-11-9-22-15-13(11)14(17-10-18-15)20-7-5-19(6-8-20)12(21)3-2-4-16/h9-10H,2-8H2,1H3. The second-order valence-corrected chi connectivity index (χ2v) is 6.31. The summed E-state index contributed by atoms with van der Waals surface area (Å²) < 4.78 is 12.2. The molecule has 118 valence electrons. The molecule has 0 bridgehead atoms. The van der Waals surface area contributed by atoms with E-state index in [1.807, 2.05) is 4.90 Å². The van der Waals surface area contributed by atoms with E-state index in [4.69, 9.17) is 0 Å². The van der Waals surface area contributed by atoms with Gasteiger partial charge in [-0.25, -0.2) is 9.97 Å². The smallest absolute Gasteiger partial charge is 0.222 e. The third-order valence-corrected chi connectivity index (χ3v) is 4.99. The van der Waals surface area contributed by atoms with Crippen LogP contribution in [0.3, 0.4) is 0 Å². The number of carbonyl (C=O) groups excluding carboxylic acids is 1. The Labute approximate surface area is 132 Å². The normalized spacial score (nSPS) is 15.5. The molecule has 1 fully saturated rings. The molecule has 0 atom stereocenters. The monoisotopic (exact) mass is 322 g/mol. The van der Waals surface area contributed by atoms with Crippen LogP contribution in [0.25, 0.3) is 10.2 Å². The molecular formula is C15H19FN4OS. The molecule has 0 N–H and O–H groups in total. The summed E-state index contributed by atoms with van der Waals surface area (Å²) in [5.74, 6) is 1.01. The van der Waals surface area contributed by atoms with Crippen molar-refractivity contribution in [2.24, 2.45) is 0 Å².